The standard InChI is InChI=1S/C10H12N2S/c1-9(7-11)12-8-13-10-5-3-2-4-6-10/h2-8H,11H2,1H3/b9-7-,12-8?. The molecule has 13 heavy (non-hydrogen) atoms. The highest BCUT2D eigenvalue weighted by atomic mass is 32.2. The number of nitrogens with zero attached hydrogens (tertiary/aromatic N) is 1. The zero-order chi connectivity index (χ0) is 9.52. The van der Waals surface area contributed by atoms with Gasteiger partial charge in [-0.25, -0.2) is 0 Å². The molecule has 0 amide bonds. The average Bonchev–Trinajstić information content (AvgIpc) is 2.19. The van der Waals surface area contributed by atoms with Crippen LogP contribution in [-0.2, 0) is 0 Å². The third kappa shape index (κ3) is 3.80. The second kappa shape index (κ2) is 5.43. The SMILES string of the molecule is C/C(=C/N)N=CSc1ccccc1. The van der Waals surface area contributed by atoms with E-state index in [0.717, 1.165) is 5.70 Å². The van der Waals surface area contributed by atoms with E-state index >= 15 is 0 Å². The Balaban J connectivity index is 2.48. The molecule has 0 heterocycles. The molecular formula is C10H12N2S. The van der Waals surface area contributed by atoms with Crippen molar-refractivity contribution in [2.24, 2.45) is 10.7 Å². The van der Waals surface area contributed by atoms with Crippen molar-refractivity contribution >= 4 is 17.3 Å². The lowest BCUT2D eigenvalue weighted by atomic mass is 10.4. The summed E-state index contributed by atoms with van der Waals surface area (Å²) in [4.78, 5) is 5.29. The number of rotatable bonds is 3. The van der Waals surface area contributed by atoms with Gasteiger partial charge in [0.05, 0.1) is 11.2 Å². The van der Waals surface area contributed by atoms with Crippen molar-refractivity contribution in [3.8, 4) is 0 Å². The Morgan fingerprint density at radius 1 is 1.38 bits per heavy atom. The van der Waals surface area contributed by atoms with Gasteiger partial charge >= 0.3 is 0 Å². The maximum Gasteiger partial charge on any atom is 0.0648 e. The summed E-state index contributed by atoms with van der Waals surface area (Å²) in [6.45, 7) is 1.86. The van der Waals surface area contributed by atoms with Crippen LogP contribution in [0.2, 0.25) is 0 Å². The molecule has 0 saturated heterocycles. The van der Waals surface area contributed by atoms with Gasteiger partial charge in [-0.2, -0.15) is 0 Å². The number of nitrogens with two attached hydrogens (primary N) is 1. The molecule has 0 aliphatic carbocycles. The first-order chi connectivity index (χ1) is 6.33. The second-order valence-corrected chi connectivity index (χ2v) is 3.39. The molecule has 0 radical (unpaired) electrons. The van der Waals surface area contributed by atoms with Crippen LogP contribution in [0.3, 0.4) is 0 Å². The Hall–Kier alpha value is -1.22. The predicted octanol–water partition coefficient (Wildman–Crippen LogP) is 2.63. The van der Waals surface area contributed by atoms with E-state index in [0.29, 0.717) is 0 Å². The highest BCUT2D eigenvalue weighted by Crippen LogP contribution is 2.14. The minimum atomic E-state index is 0.823. The number of aliphatic imine (C=N–C) groups is 1. The zero-order valence-electron chi connectivity index (χ0n) is 7.47. The van der Waals surface area contributed by atoms with Gasteiger partial charge in [-0.3, -0.25) is 4.99 Å². The van der Waals surface area contributed by atoms with E-state index in [1.165, 1.54) is 11.1 Å². The third-order valence-corrected chi connectivity index (χ3v) is 2.18. The highest BCUT2D eigenvalue weighted by molar-refractivity contribution is 8.12. The van der Waals surface area contributed by atoms with Crippen LogP contribution in [-0.4, -0.2) is 5.55 Å². The van der Waals surface area contributed by atoms with Crippen LogP contribution in [0.25, 0.3) is 0 Å². The molecule has 0 aliphatic rings. The number of allylic oxidation sites excluding steroid dienone is 1. The largest absolute Gasteiger partial charge is 0.403 e. The van der Waals surface area contributed by atoms with E-state index in [4.69, 9.17) is 5.73 Å². The van der Waals surface area contributed by atoms with Gasteiger partial charge in [0, 0.05) is 11.1 Å². The van der Waals surface area contributed by atoms with Crippen LogP contribution in [0.1, 0.15) is 6.92 Å². The maximum absolute atomic E-state index is 5.27. The van der Waals surface area contributed by atoms with Crippen LogP contribution in [0, 0.1) is 0 Å². The predicted molar refractivity (Wildman–Crippen MR) is 58.7 cm³/mol. The molecule has 0 aliphatic heterocycles. The quantitative estimate of drug-likeness (QED) is 0.454. The summed E-state index contributed by atoms with van der Waals surface area (Å²) < 4.78 is 0. The van der Waals surface area contributed by atoms with Crippen LogP contribution < -0.4 is 5.73 Å². The van der Waals surface area contributed by atoms with Gasteiger partial charge < -0.3 is 5.73 Å². The van der Waals surface area contributed by atoms with Gasteiger partial charge in [-0.1, -0.05) is 30.0 Å². The molecule has 0 unspecified atom stereocenters. The fourth-order valence-electron chi connectivity index (χ4n) is 0.712. The van der Waals surface area contributed by atoms with E-state index in [2.05, 4.69) is 4.99 Å². The van der Waals surface area contributed by atoms with Gasteiger partial charge in [0.15, 0.2) is 0 Å². The average molecular weight is 192 g/mol. The molecule has 0 aromatic heterocycles. The Morgan fingerprint density at radius 2 is 2.08 bits per heavy atom. The summed E-state index contributed by atoms with van der Waals surface area (Å²) in [5, 5.41) is 0. The molecule has 1 rings (SSSR count). The lowest BCUT2D eigenvalue weighted by molar-refractivity contribution is 1.28. The molecule has 0 spiro atoms. The van der Waals surface area contributed by atoms with Crippen LogP contribution in [0.5, 0.6) is 0 Å². The summed E-state index contributed by atoms with van der Waals surface area (Å²) in [6, 6.07) is 10.1. The molecule has 68 valence electrons. The highest BCUT2D eigenvalue weighted by Gasteiger charge is 1.86. The third-order valence-electron chi connectivity index (χ3n) is 1.43. The summed E-state index contributed by atoms with van der Waals surface area (Å²) >= 11 is 1.58. The summed E-state index contributed by atoms with van der Waals surface area (Å²) in [5.74, 6) is 0. The Bertz CT molecular complexity index is 304. The first kappa shape index (κ1) is 9.86. The Morgan fingerprint density at radius 3 is 2.69 bits per heavy atom. The number of hydrogen-bond acceptors (Lipinski definition) is 3. The van der Waals surface area contributed by atoms with Crippen molar-refractivity contribution in [3.63, 3.8) is 0 Å². The minimum absolute atomic E-state index is 0.823. The molecule has 0 saturated carbocycles. The van der Waals surface area contributed by atoms with Crippen molar-refractivity contribution in [2.45, 2.75) is 11.8 Å². The summed E-state index contributed by atoms with van der Waals surface area (Å²) in [6.07, 6.45) is 1.49. The summed E-state index contributed by atoms with van der Waals surface area (Å²) in [5.41, 5.74) is 7.87. The van der Waals surface area contributed by atoms with Gasteiger partial charge in [-0.15, -0.1) is 0 Å². The van der Waals surface area contributed by atoms with E-state index in [-0.39, 0.29) is 0 Å². The van der Waals surface area contributed by atoms with E-state index in [9.17, 15) is 0 Å². The van der Waals surface area contributed by atoms with Crippen molar-refractivity contribution in [1.82, 2.24) is 0 Å². The van der Waals surface area contributed by atoms with Gasteiger partial charge in [0.1, 0.15) is 0 Å². The van der Waals surface area contributed by atoms with Gasteiger partial charge in [0.25, 0.3) is 0 Å². The van der Waals surface area contributed by atoms with E-state index in [1.807, 2.05) is 37.3 Å². The topological polar surface area (TPSA) is 38.4 Å². The minimum Gasteiger partial charge on any atom is -0.403 e. The molecule has 2 nitrogen and oxygen atoms in total. The van der Waals surface area contributed by atoms with Crippen LogP contribution in [0.15, 0.2) is 52.1 Å². The Labute approximate surface area is 82.6 Å². The van der Waals surface area contributed by atoms with Gasteiger partial charge in [-0.05, 0) is 19.1 Å². The molecule has 2 N–H and O–H groups in total. The number of benzene rings is 1. The molecule has 1 aromatic carbocycles. The fraction of sp³-hybridized carbons (Fsp3) is 0.100. The number of hydrogen-bond donors (Lipinski definition) is 1. The maximum atomic E-state index is 5.27. The van der Waals surface area contributed by atoms with Crippen molar-refractivity contribution in [2.75, 3.05) is 0 Å². The lowest BCUT2D eigenvalue weighted by Gasteiger charge is -1.93. The zero-order valence-corrected chi connectivity index (χ0v) is 8.29. The van der Waals surface area contributed by atoms with Crippen molar-refractivity contribution < 1.29 is 0 Å². The van der Waals surface area contributed by atoms with Crippen LogP contribution >= 0.6 is 11.8 Å². The van der Waals surface area contributed by atoms with Crippen molar-refractivity contribution in [3.05, 3.63) is 42.2 Å². The molecular weight excluding hydrogens is 180 g/mol. The van der Waals surface area contributed by atoms with E-state index < -0.39 is 0 Å². The fourth-order valence-corrected chi connectivity index (χ4v) is 1.37. The van der Waals surface area contributed by atoms with Crippen molar-refractivity contribution in [1.29, 1.82) is 0 Å². The second-order valence-electron chi connectivity index (χ2n) is 2.47. The lowest BCUT2D eigenvalue weighted by Crippen LogP contribution is -1.80. The molecule has 3 heteroatoms. The summed E-state index contributed by atoms with van der Waals surface area (Å²) in [7, 11) is 0. The molecule has 0 atom stereocenters. The smallest absolute Gasteiger partial charge is 0.0648 e. The monoisotopic (exact) mass is 192 g/mol. The van der Waals surface area contributed by atoms with Crippen LogP contribution in [0.4, 0.5) is 0 Å². The molecule has 0 fully saturated rings. The first-order valence-electron chi connectivity index (χ1n) is 3.95. The first-order valence-corrected chi connectivity index (χ1v) is 4.83. The molecule has 1 aromatic rings. The molecule has 0 bridgehead atoms. The normalized spacial score (nSPS) is 12.2. The Kier molecular flexibility index (Phi) is 4.12. The number of thioether (sulfide) groups is 1. The van der Waals surface area contributed by atoms with Gasteiger partial charge in [0.2, 0.25) is 0 Å². The van der Waals surface area contributed by atoms with E-state index in [1.54, 1.807) is 17.3 Å².